The zero-order chi connectivity index (χ0) is 108. The Morgan fingerprint density at radius 3 is 0.836 bits per heavy atom. The van der Waals surface area contributed by atoms with Crippen molar-refractivity contribution in [2.75, 3.05) is 98.5 Å². The standard InChI is InChI=1S/C101H164N10O35/c1-63(2)78(124)33-19-15-26-49-105-86(129)40-45-101(62-106-85(128)34-20-16-27-46-102-82(125)35-23-30-54-132-98-89(107-64(3)112)95(141-73(12)121)92(138-70(9)118)79(144-98)59-135-67(6)115,57-76-41-50-110(51-42-76)87(130)38-21-17-28-47-103-83(126)36-24-31-55-133-99-90(108-65(4)113)96(142-74(13)122)93(139-71(10)119)80(145-99)60-136-68(7)116)58-77-43-52-111(53-44-77)88(131)39-22-18-29-48-104-84(127)37-25-32-56-134-100-91(109-66(5)114)97(143-75(14)123)94(140-72(11)120)81(146-100)61-137-69(8)117/h63,76-77,79-81,89-100H,15-62H2,1-14H3,(H,102,125)(H,103,126)(H,104,127)(H,105,129)(H,106,128)(H,107,112)(H,108,113)(H,109,114). The number of likely N-dealkylation sites (tertiary alicyclic amines) is 2. The first-order valence-electron chi connectivity index (χ1n) is 51.9. The largest absolute Gasteiger partial charge is 0.463 e. The van der Waals surface area contributed by atoms with E-state index in [1.807, 2.05) is 23.6 Å². The molecule has 8 N–H and O–H groups in total. The lowest BCUT2D eigenvalue weighted by Gasteiger charge is -2.44. The highest BCUT2D eigenvalue weighted by Gasteiger charge is 2.55. The Balaban J connectivity index is 1.18. The molecule has 5 heterocycles. The van der Waals surface area contributed by atoms with Gasteiger partial charge in [0.25, 0.3) is 0 Å². The fourth-order valence-electron chi connectivity index (χ4n) is 18.5. The molecule has 15 atom stereocenters. The molecule has 0 radical (unpaired) electrons. The van der Waals surface area contributed by atoms with Crippen LogP contribution in [-0.2, 0) is 167 Å². The van der Waals surface area contributed by atoms with Crippen LogP contribution in [0.2, 0.25) is 0 Å². The number of nitrogens with one attached hydrogen (secondary N) is 8. The lowest BCUT2D eigenvalue weighted by molar-refractivity contribution is -0.277. The molecule has 146 heavy (non-hydrogen) atoms. The van der Waals surface area contributed by atoms with Gasteiger partial charge in [0.1, 0.15) is 62.0 Å². The van der Waals surface area contributed by atoms with Crippen LogP contribution in [0.1, 0.15) is 309 Å². The summed E-state index contributed by atoms with van der Waals surface area (Å²) in [5.74, 6) is -8.52. The number of amides is 10. The van der Waals surface area contributed by atoms with E-state index in [1.165, 1.54) is 41.5 Å². The van der Waals surface area contributed by atoms with Crippen molar-refractivity contribution < 1.29 is 167 Å². The second-order valence-electron chi connectivity index (χ2n) is 38.7. The molecule has 0 aliphatic carbocycles. The van der Waals surface area contributed by atoms with Gasteiger partial charge in [-0.2, -0.15) is 0 Å². The minimum atomic E-state index is -1.29. The minimum absolute atomic E-state index is 0.0203. The predicted octanol–water partition coefficient (Wildman–Crippen LogP) is 5.59. The van der Waals surface area contributed by atoms with Crippen LogP contribution >= 0.6 is 0 Å². The summed E-state index contributed by atoms with van der Waals surface area (Å²) in [7, 11) is 0. The number of hydrogen-bond acceptors (Lipinski definition) is 35. The van der Waals surface area contributed by atoms with Crippen molar-refractivity contribution in [1.29, 1.82) is 0 Å². The van der Waals surface area contributed by atoms with Crippen LogP contribution in [0.3, 0.4) is 0 Å². The lowest BCUT2D eigenvalue weighted by Crippen LogP contribution is -2.66. The average molecular weight is 2080 g/mol. The number of rotatable bonds is 67. The molecule has 5 fully saturated rings. The highest BCUT2D eigenvalue weighted by Crippen LogP contribution is 2.44. The average Bonchev–Trinajstić information content (AvgIpc) is 0.794. The van der Waals surface area contributed by atoms with Crippen molar-refractivity contribution in [3.05, 3.63) is 0 Å². The number of carbonyl (C=O) groups is 20. The Bertz CT molecular complexity index is 4020. The van der Waals surface area contributed by atoms with Crippen LogP contribution in [0.15, 0.2) is 0 Å². The van der Waals surface area contributed by atoms with Crippen LogP contribution in [0.4, 0.5) is 0 Å². The van der Waals surface area contributed by atoms with E-state index in [9.17, 15) is 95.9 Å². The van der Waals surface area contributed by atoms with Crippen LogP contribution in [-0.4, -0.2) is 319 Å². The quantitative estimate of drug-likeness (QED) is 0.0209. The second-order valence-corrected chi connectivity index (χ2v) is 38.7. The number of ketones is 1. The maximum absolute atomic E-state index is 14.2. The Morgan fingerprint density at radius 2 is 0.562 bits per heavy atom. The summed E-state index contributed by atoms with van der Waals surface area (Å²) >= 11 is 0. The van der Waals surface area contributed by atoms with Crippen LogP contribution in [0, 0.1) is 23.2 Å². The SMILES string of the molecule is CC(=O)NC1C(OCCCCC(=O)NCCCCCC(=O)NCC(CCC(=O)NCCCCCC(=O)C(C)C)(CC2CCN(C(=O)CCCCCNC(=O)CCCCOC3OC(COC(C)=O)C(OC(C)=O)C(OC(C)=O)C3NC(C)=O)CC2)CC2CCN(C(=O)CCCCCNC(=O)CCCCOC3OC(COC(C)=O)C(OC(C)=O)C(OC(C)=O)C3NC(C)=O)CC2)OC(COC(C)=O)C(OC(C)=O)C1OC(C)=O. The molecule has 5 aliphatic heterocycles. The zero-order valence-corrected chi connectivity index (χ0v) is 88.0. The van der Waals surface area contributed by atoms with Crippen LogP contribution in [0.25, 0.3) is 0 Å². The molecular weight excluding hydrogens is 1910 g/mol. The van der Waals surface area contributed by atoms with Crippen LogP contribution < -0.4 is 42.5 Å². The van der Waals surface area contributed by atoms with E-state index >= 15 is 0 Å². The van der Waals surface area contributed by atoms with E-state index in [1.54, 1.807) is 0 Å². The zero-order valence-electron chi connectivity index (χ0n) is 88.0. The molecule has 0 saturated carbocycles. The fourth-order valence-corrected chi connectivity index (χ4v) is 18.5. The van der Waals surface area contributed by atoms with E-state index in [0.717, 1.165) is 48.0 Å². The van der Waals surface area contributed by atoms with Crippen molar-refractivity contribution >= 4 is 119 Å². The van der Waals surface area contributed by atoms with Crippen molar-refractivity contribution in [3.8, 4) is 0 Å². The summed E-state index contributed by atoms with van der Waals surface area (Å²) < 4.78 is 84.8. The smallest absolute Gasteiger partial charge is 0.303 e. The Labute approximate surface area is 856 Å². The molecule has 0 aromatic carbocycles. The van der Waals surface area contributed by atoms with Gasteiger partial charge in [0.05, 0.1) is 0 Å². The maximum atomic E-state index is 14.2. The van der Waals surface area contributed by atoms with Crippen molar-refractivity contribution in [2.24, 2.45) is 23.2 Å². The van der Waals surface area contributed by atoms with E-state index < -0.39 is 175 Å². The second kappa shape index (κ2) is 68.8. The third-order valence-corrected chi connectivity index (χ3v) is 25.6. The van der Waals surface area contributed by atoms with Gasteiger partial charge in [0.2, 0.25) is 59.1 Å². The van der Waals surface area contributed by atoms with E-state index in [4.69, 9.17) is 71.1 Å². The third-order valence-electron chi connectivity index (χ3n) is 25.6. The molecule has 0 spiro atoms. The predicted molar refractivity (Wildman–Crippen MR) is 520 cm³/mol. The fraction of sp³-hybridized carbons (Fsp3) is 0.802. The monoisotopic (exact) mass is 2080 g/mol. The van der Waals surface area contributed by atoms with Crippen molar-refractivity contribution in [2.45, 2.75) is 401 Å². The highest BCUT2D eigenvalue weighted by atomic mass is 16.7. The number of nitrogens with zero attached hydrogens (tertiary/aromatic N) is 2. The van der Waals surface area contributed by atoms with Crippen LogP contribution in [0.5, 0.6) is 0 Å². The van der Waals surface area contributed by atoms with Gasteiger partial charge in [0.15, 0.2) is 55.5 Å². The number of Topliss-reactive ketones (excluding diaryl/α,β-unsaturated/α-hetero) is 1. The van der Waals surface area contributed by atoms with Gasteiger partial charge in [-0.05, 0) is 152 Å². The van der Waals surface area contributed by atoms with E-state index in [0.29, 0.717) is 226 Å². The number of hydrogen-bond donors (Lipinski definition) is 8. The number of carbonyl (C=O) groups excluding carboxylic acids is 20. The summed E-state index contributed by atoms with van der Waals surface area (Å²) in [6.45, 7) is 20.6. The number of unbranched alkanes of at least 4 members (excludes halogenated alkanes) is 11. The summed E-state index contributed by atoms with van der Waals surface area (Å²) in [6, 6.07) is -3.42. The van der Waals surface area contributed by atoms with Gasteiger partial charge in [0, 0.05) is 219 Å². The first kappa shape index (κ1) is 126. The van der Waals surface area contributed by atoms with Gasteiger partial charge < -0.3 is 123 Å². The first-order chi connectivity index (χ1) is 69.4. The van der Waals surface area contributed by atoms with E-state index in [-0.39, 0.29) is 137 Å². The Kier molecular flexibility index (Phi) is 59.3. The van der Waals surface area contributed by atoms with Crippen molar-refractivity contribution in [3.63, 3.8) is 0 Å². The molecule has 15 unspecified atom stereocenters. The summed E-state index contributed by atoms with van der Waals surface area (Å²) in [6.07, 6.45) is 1.46. The van der Waals surface area contributed by atoms with Gasteiger partial charge in [-0.25, -0.2) is 0 Å². The van der Waals surface area contributed by atoms with Gasteiger partial charge in [-0.3, -0.25) is 95.9 Å². The highest BCUT2D eigenvalue weighted by molar-refractivity contribution is 5.81. The van der Waals surface area contributed by atoms with Gasteiger partial charge >= 0.3 is 53.7 Å². The summed E-state index contributed by atoms with van der Waals surface area (Å²) in [5.41, 5.74) is -0.593. The topological polar surface area (TPSA) is 583 Å². The maximum Gasteiger partial charge on any atom is 0.303 e. The number of esters is 9. The first-order valence-corrected chi connectivity index (χ1v) is 51.9. The number of piperidine rings is 2. The molecule has 10 amide bonds. The molecule has 0 aromatic rings. The van der Waals surface area contributed by atoms with Gasteiger partial charge in [-0.15, -0.1) is 0 Å². The molecule has 45 nitrogen and oxygen atoms in total. The number of ether oxygens (including phenoxy) is 15. The van der Waals surface area contributed by atoms with E-state index in [2.05, 4.69) is 42.5 Å². The molecule has 5 aliphatic rings. The summed E-state index contributed by atoms with van der Waals surface area (Å²) in [5, 5.41) is 23.2. The molecule has 828 valence electrons. The third kappa shape index (κ3) is 50.8. The Morgan fingerprint density at radius 1 is 0.301 bits per heavy atom. The summed E-state index contributed by atoms with van der Waals surface area (Å²) in [4.78, 5) is 257. The van der Waals surface area contributed by atoms with Crippen molar-refractivity contribution in [1.82, 2.24) is 52.3 Å². The van der Waals surface area contributed by atoms with Gasteiger partial charge in [-0.1, -0.05) is 39.5 Å². The Hall–Kier alpha value is -10.6. The lowest BCUT2D eigenvalue weighted by atomic mass is 9.67. The molecule has 5 rings (SSSR count). The molecule has 0 bridgehead atoms. The molecule has 45 heteroatoms. The minimum Gasteiger partial charge on any atom is -0.463 e. The molecular formula is C101H164N10O35. The molecule has 0 aromatic heterocycles. The normalized spacial score (nSPS) is 22.5. The molecule has 5 saturated heterocycles.